The van der Waals surface area contributed by atoms with Crippen LogP contribution in [0.5, 0.6) is 11.5 Å². The zero-order valence-electron chi connectivity index (χ0n) is 21.0. The van der Waals surface area contributed by atoms with Crippen LogP contribution in [0, 0.1) is 6.92 Å². The van der Waals surface area contributed by atoms with E-state index in [-0.39, 0.29) is 11.3 Å². The van der Waals surface area contributed by atoms with Crippen molar-refractivity contribution >= 4 is 67.9 Å². The Morgan fingerprint density at radius 1 is 1.00 bits per heavy atom. The minimum atomic E-state index is -0.837. The molecule has 1 aliphatic heterocycles. The van der Waals surface area contributed by atoms with E-state index in [2.05, 4.69) is 45.5 Å². The summed E-state index contributed by atoms with van der Waals surface area (Å²) in [5.74, 6) is -0.669. The molecule has 1 saturated heterocycles. The van der Waals surface area contributed by atoms with Crippen molar-refractivity contribution in [2.24, 2.45) is 0 Å². The van der Waals surface area contributed by atoms with Gasteiger partial charge in [0, 0.05) is 10.6 Å². The fraction of sp³-hybridized carbons (Fsp3) is 0.100. The van der Waals surface area contributed by atoms with E-state index in [4.69, 9.17) is 21.1 Å². The Bertz CT molecular complexity index is 1670. The van der Waals surface area contributed by atoms with Gasteiger partial charge in [-0.25, -0.2) is 9.69 Å². The third kappa shape index (κ3) is 5.26. The van der Waals surface area contributed by atoms with Crippen molar-refractivity contribution < 1.29 is 23.9 Å². The first-order chi connectivity index (χ1) is 18.8. The molecular formula is C30H22BrClN2O5. The highest BCUT2D eigenvalue weighted by molar-refractivity contribution is 9.10. The number of urea groups is 1. The van der Waals surface area contributed by atoms with Crippen LogP contribution in [0.3, 0.4) is 0 Å². The van der Waals surface area contributed by atoms with Crippen LogP contribution in [0.15, 0.2) is 82.8 Å². The lowest BCUT2D eigenvalue weighted by Crippen LogP contribution is -2.54. The molecule has 0 saturated carbocycles. The van der Waals surface area contributed by atoms with Gasteiger partial charge in [-0.3, -0.25) is 14.9 Å². The van der Waals surface area contributed by atoms with Crippen molar-refractivity contribution in [1.82, 2.24) is 5.32 Å². The van der Waals surface area contributed by atoms with Crippen molar-refractivity contribution in [3.05, 3.63) is 105 Å². The van der Waals surface area contributed by atoms with Gasteiger partial charge in [-0.1, -0.05) is 48.0 Å². The molecule has 0 atom stereocenters. The molecule has 1 aliphatic rings. The lowest BCUT2D eigenvalue weighted by Gasteiger charge is -2.26. The molecule has 0 radical (unpaired) electrons. The van der Waals surface area contributed by atoms with Crippen LogP contribution in [0.4, 0.5) is 10.5 Å². The number of fused-ring (bicyclic) bond motifs is 1. The van der Waals surface area contributed by atoms with Crippen molar-refractivity contribution in [1.29, 1.82) is 0 Å². The second-order valence-electron chi connectivity index (χ2n) is 8.84. The number of imide groups is 2. The Balaban J connectivity index is 1.45. The van der Waals surface area contributed by atoms with E-state index >= 15 is 0 Å². The molecule has 4 aromatic carbocycles. The van der Waals surface area contributed by atoms with Gasteiger partial charge >= 0.3 is 6.03 Å². The van der Waals surface area contributed by atoms with E-state index in [1.165, 1.54) is 25.3 Å². The monoisotopic (exact) mass is 604 g/mol. The van der Waals surface area contributed by atoms with E-state index in [0.717, 1.165) is 26.8 Å². The first kappa shape index (κ1) is 26.5. The molecule has 0 unspecified atom stereocenters. The van der Waals surface area contributed by atoms with E-state index in [1.54, 1.807) is 24.3 Å². The largest absolute Gasteiger partial charge is 0.493 e. The maximum atomic E-state index is 13.2. The summed E-state index contributed by atoms with van der Waals surface area (Å²) in [6.45, 7) is 2.35. The number of anilines is 1. The maximum Gasteiger partial charge on any atom is 0.335 e. The summed E-state index contributed by atoms with van der Waals surface area (Å²) < 4.78 is 12.4. The highest BCUT2D eigenvalue weighted by atomic mass is 79.9. The topological polar surface area (TPSA) is 84.9 Å². The molecule has 4 amide bonds. The third-order valence-electron chi connectivity index (χ3n) is 6.38. The van der Waals surface area contributed by atoms with Gasteiger partial charge in [-0.2, -0.15) is 0 Å². The summed E-state index contributed by atoms with van der Waals surface area (Å²) in [4.78, 5) is 39.2. The molecule has 4 aromatic rings. The molecule has 0 aliphatic carbocycles. The predicted octanol–water partition coefficient (Wildman–Crippen LogP) is 6.82. The minimum absolute atomic E-state index is 0.210. The molecule has 1 fully saturated rings. The van der Waals surface area contributed by atoms with Gasteiger partial charge in [0.15, 0.2) is 11.5 Å². The molecule has 1 heterocycles. The number of aryl methyl sites for hydroxylation is 1. The summed E-state index contributed by atoms with van der Waals surface area (Å²) in [5, 5.41) is 4.89. The van der Waals surface area contributed by atoms with Crippen LogP contribution in [-0.2, 0) is 16.2 Å². The number of carbonyl (C=O) groups is 3. The van der Waals surface area contributed by atoms with Gasteiger partial charge < -0.3 is 9.47 Å². The number of ether oxygens (including phenoxy) is 2. The van der Waals surface area contributed by atoms with Crippen LogP contribution in [0.2, 0.25) is 5.02 Å². The smallest absolute Gasteiger partial charge is 0.335 e. The highest BCUT2D eigenvalue weighted by Crippen LogP contribution is 2.38. The SMILES string of the molecule is COc1cc(/C=C2\C(=O)NC(=O)N(c3ccc(Cl)cc3)C2=O)cc(Br)c1OCc1c(C)ccc2ccccc12. The Hall–Kier alpha value is -4.14. The van der Waals surface area contributed by atoms with Crippen LogP contribution in [-0.4, -0.2) is 25.0 Å². The number of hydrogen-bond acceptors (Lipinski definition) is 5. The van der Waals surface area contributed by atoms with E-state index in [9.17, 15) is 14.4 Å². The second-order valence-corrected chi connectivity index (χ2v) is 10.1. The van der Waals surface area contributed by atoms with Gasteiger partial charge in [-0.05, 0) is 87.2 Å². The highest BCUT2D eigenvalue weighted by Gasteiger charge is 2.36. The Kier molecular flexibility index (Phi) is 7.41. The van der Waals surface area contributed by atoms with Crippen LogP contribution in [0.25, 0.3) is 16.8 Å². The van der Waals surface area contributed by atoms with Gasteiger partial charge in [-0.15, -0.1) is 0 Å². The van der Waals surface area contributed by atoms with E-state index < -0.39 is 17.8 Å². The molecule has 1 N–H and O–H groups in total. The molecule has 7 nitrogen and oxygen atoms in total. The van der Waals surface area contributed by atoms with E-state index in [0.29, 0.717) is 33.2 Å². The summed E-state index contributed by atoms with van der Waals surface area (Å²) in [5.41, 5.74) is 2.73. The van der Waals surface area contributed by atoms with E-state index in [1.807, 2.05) is 19.1 Å². The Morgan fingerprint density at radius 2 is 1.74 bits per heavy atom. The lowest BCUT2D eigenvalue weighted by molar-refractivity contribution is -0.122. The van der Waals surface area contributed by atoms with Gasteiger partial charge in [0.2, 0.25) is 0 Å². The summed E-state index contributed by atoms with van der Waals surface area (Å²) >= 11 is 9.48. The minimum Gasteiger partial charge on any atom is -0.493 e. The number of methoxy groups -OCH3 is 1. The number of carbonyl (C=O) groups excluding carboxylic acids is 3. The van der Waals surface area contributed by atoms with Crippen LogP contribution >= 0.6 is 27.5 Å². The molecule has 0 bridgehead atoms. The first-order valence-electron chi connectivity index (χ1n) is 11.9. The second kappa shape index (κ2) is 10.9. The summed E-state index contributed by atoms with van der Waals surface area (Å²) in [7, 11) is 1.51. The zero-order valence-corrected chi connectivity index (χ0v) is 23.3. The van der Waals surface area contributed by atoms with Gasteiger partial charge in [0.1, 0.15) is 12.2 Å². The number of hydrogen-bond donors (Lipinski definition) is 1. The quantitative estimate of drug-likeness (QED) is 0.193. The maximum absolute atomic E-state index is 13.2. The lowest BCUT2D eigenvalue weighted by atomic mass is 10.0. The molecule has 0 aromatic heterocycles. The van der Waals surface area contributed by atoms with Crippen LogP contribution in [0.1, 0.15) is 16.7 Å². The molecule has 196 valence electrons. The average Bonchev–Trinajstić information content (AvgIpc) is 2.92. The Labute approximate surface area is 238 Å². The number of rotatable bonds is 6. The number of nitrogens with zero attached hydrogens (tertiary/aromatic N) is 1. The van der Waals surface area contributed by atoms with Crippen LogP contribution < -0.4 is 19.7 Å². The number of nitrogens with one attached hydrogen (secondary N) is 1. The molecule has 0 spiro atoms. The molecule has 9 heteroatoms. The normalized spacial score (nSPS) is 14.6. The Morgan fingerprint density at radius 3 is 2.49 bits per heavy atom. The number of benzene rings is 4. The first-order valence-corrected chi connectivity index (χ1v) is 13.1. The molecule has 39 heavy (non-hydrogen) atoms. The fourth-order valence-electron chi connectivity index (χ4n) is 4.39. The zero-order chi connectivity index (χ0) is 27.7. The van der Waals surface area contributed by atoms with Crippen molar-refractivity contribution in [2.75, 3.05) is 12.0 Å². The number of barbiturate groups is 1. The van der Waals surface area contributed by atoms with Crippen molar-refractivity contribution in [3.8, 4) is 11.5 Å². The number of halogens is 2. The van der Waals surface area contributed by atoms with Crippen molar-refractivity contribution in [2.45, 2.75) is 13.5 Å². The average molecular weight is 606 g/mol. The molecular weight excluding hydrogens is 584 g/mol. The van der Waals surface area contributed by atoms with Gasteiger partial charge in [0.25, 0.3) is 11.8 Å². The summed E-state index contributed by atoms with van der Waals surface area (Å²) in [6, 6.07) is 20.9. The van der Waals surface area contributed by atoms with Gasteiger partial charge in [0.05, 0.1) is 17.3 Å². The van der Waals surface area contributed by atoms with Crippen molar-refractivity contribution in [3.63, 3.8) is 0 Å². The standard InChI is InChI=1S/C30H22BrClN2O5/c1-17-7-8-19-5-3-4-6-22(19)24(17)16-39-27-25(31)14-18(15-26(27)38-2)13-23-28(35)33-30(37)34(29(23)36)21-11-9-20(32)10-12-21/h3-15H,16H2,1-2H3,(H,33,35,37)/b23-13+. The summed E-state index contributed by atoms with van der Waals surface area (Å²) in [6.07, 6.45) is 1.40. The molecule has 5 rings (SSSR count). The number of amides is 4. The fourth-order valence-corrected chi connectivity index (χ4v) is 5.09. The predicted molar refractivity (Wildman–Crippen MR) is 154 cm³/mol. The third-order valence-corrected chi connectivity index (χ3v) is 7.23.